The topological polar surface area (TPSA) is 0 Å². The summed E-state index contributed by atoms with van der Waals surface area (Å²) in [5, 5.41) is 0. The molecule has 0 aromatic heterocycles. The van der Waals surface area contributed by atoms with Crippen LogP contribution >= 0.6 is 11.8 Å². The van der Waals surface area contributed by atoms with Gasteiger partial charge in [-0.2, -0.15) is 11.8 Å². The van der Waals surface area contributed by atoms with Crippen LogP contribution < -0.4 is 0 Å². The third kappa shape index (κ3) is 1.74. The quantitative estimate of drug-likeness (QED) is 0.536. The Kier molecular flexibility index (Phi) is 2.45. The van der Waals surface area contributed by atoms with E-state index in [1.165, 1.54) is 37.2 Å². The third-order valence-electron chi connectivity index (χ3n) is 3.32. The molecule has 2 aliphatic rings. The Morgan fingerprint density at radius 1 is 0.818 bits per heavy atom. The van der Waals surface area contributed by atoms with Gasteiger partial charge in [0.25, 0.3) is 0 Å². The molecule has 0 N–H and O–H groups in total. The molecule has 2 fully saturated rings. The van der Waals surface area contributed by atoms with Crippen LogP contribution in [0.1, 0.15) is 44.9 Å². The van der Waals surface area contributed by atoms with Crippen LogP contribution in [-0.2, 0) is 0 Å². The molecule has 0 bridgehead atoms. The van der Waals surface area contributed by atoms with E-state index >= 15 is 0 Å². The predicted octanol–water partition coefficient (Wildman–Crippen LogP) is 3.46. The molecule has 1 aliphatic carbocycles. The average molecular weight is 170 g/mol. The highest BCUT2D eigenvalue weighted by molar-refractivity contribution is 7.99. The Balaban J connectivity index is 1.97. The first kappa shape index (κ1) is 7.97. The Labute approximate surface area is 74.1 Å². The predicted molar refractivity (Wildman–Crippen MR) is 52.1 cm³/mol. The number of hydrogen-bond donors (Lipinski definition) is 0. The van der Waals surface area contributed by atoms with Crippen molar-refractivity contribution in [2.24, 2.45) is 5.41 Å². The molecule has 1 heterocycles. The minimum Gasteiger partial charge on any atom is -0.161 e. The molecule has 0 radical (unpaired) electrons. The molecule has 1 saturated carbocycles. The van der Waals surface area contributed by atoms with Crippen LogP contribution in [0.25, 0.3) is 0 Å². The summed E-state index contributed by atoms with van der Waals surface area (Å²) in [6.45, 7) is 0. The standard InChI is InChI=1S/C10H18S/c1-2-6-10(5-1)7-3-4-8-11-9-10/h1-9H2. The summed E-state index contributed by atoms with van der Waals surface area (Å²) in [6.07, 6.45) is 10.6. The lowest BCUT2D eigenvalue weighted by atomic mass is 9.83. The normalized spacial score (nSPS) is 30.5. The molecule has 1 spiro atoms. The van der Waals surface area contributed by atoms with Crippen LogP contribution in [-0.4, -0.2) is 11.5 Å². The van der Waals surface area contributed by atoms with Gasteiger partial charge in [-0.05, 0) is 42.6 Å². The first-order valence-electron chi connectivity index (χ1n) is 4.99. The van der Waals surface area contributed by atoms with Crippen molar-refractivity contribution in [1.29, 1.82) is 0 Å². The molecule has 0 nitrogen and oxygen atoms in total. The van der Waals surface area contributed by atoms with Crippen LogP contribution in [0.3, 0.4) is 0 Å². The van der Waals surface area contributed by atoms with Gasteiger partial charge in [0, 0.05) is 0 Å². The summed E-state index contributed by atoms with van der Waals surface area (Å²) in [4.78, 5) is 0. The van der Waals surface area contributed by atoms with E-state index in [1.807, 2.05) is 0 Å². The van der Waals surface area contributed by atoms with Crippen LogP contribution in [0.5, 0.6) is 0 Å². The zero-order chi connectivity index (χ0) is 7.57. The van der Waals surface area contributed by atoms with Gasteiger partial charge in [-0.3, -0.25) is 0 Å². The Hall–Kier alpha value is 0.350. The Morgan fingerprint density at radius 3 is 2.18 bits per heavy atom. The maximum Gasteiger partial charge on any atom is -0.00108 e. The molecule has 0 aromatic rings. The molecule has 1 aliphatic heterocycles. The molecule has 0 aromatic carbocycles. The average Bonchev–Trinajstić information content (AvgIpc) is 2.32. The van der Waals surface area contributed by atoms with Crippen molar-refractivity contribution in [1.82, 2.24) is 0 Å². The van der Waals surface area contributed by atoms with Crippen molar-refractivity contribution < 1.29 is 0 Å². The molecule has 0 unspecified atom stereocenters. The SMILES string of the molecule is C1CCC2(CCCC2)CSC1. The van der Waals surface area contributed by atoms with Crippen molar-refractivity contribution >= 4 is 11.8 Å². The van der Waals surface area contributed by atoms with Crippen molar-refractivity contribution in [3.63, 3.8) is 0 Å². The van der Waals surface area contributed by atoms with E-state index in [9.17, 15) is 0 Å². The van der Waals surface area contributed by atoms with Gasteiger partial charge in [-0.15, -0.1) is 0 Å². The minimum absolute atomic E-state index is 0.821. The fraction of sp³-hybridized carbons (Fsp3) is 1.00. The zero-order valence-corrected chi connectivity index (χ0v) is 8.09. The summed E-state index contributed by atoms with van der Waals surface area (Å²) in [5.41, 5.74) is 0.821. The van der Waals surface area contributed by atoms with E-state index < -0.39 is 0 Å². The van der Waals surface area contributed by atoms with Crippen LogP contribution in [0, 0.1) is 5.41 Å². The first-order valence-corrected chi connectivity index (χ1v) is 6.15. The number of hydrogen-bond acceptors (Lipinski definition) is 1. The highest BCUT2D eigenvalue weighted by atomic mass is 32.2. The van der Waals surface area contributed by atoms with E-state index in [1.54, 1.807) is 19.3 Å². The van der Waals surface area contributed by atoms with E-state index in [4.69, 9.17) is 0 Å². The molecule has 1 saturated heterocycles. The maximum absolute atomic E-state index is 2.21. The fourth-order valence-corrected chi connectivity index (χ4v) is 4.00. The fourth-order valence-electron chi connectivity index (χ4n) is 2.58. The highest BCUT2D eigenvalue weighted by Crippen LogP contribution is 2.46. The van der Waals surface area contributed by atoms with Crippen molar-refractivity contribution in [2.75, 3.05) is 11.5 Å². The van der Waals surface area contributed by atoms with Gasteiger partial charge in [-0.25, -0.2) is 0 Å². The second-order valence-corrected chi connectivity index (χ2v) is 5.32. The summed E-state index contributed by atoms with van der Waals surface area (Å²) in [5.74, 6) is 2.91. The molecule has 1 heteroatoms. The van der Waals surface area contributed by atoms with E-state index in [-0.39, 0.29) is 0 Å². The minimum atomic E-state index is 0.821. The van der Waals surface area contributed by atoms with Gasteiger partial charge in [0.15, 0.2) is 0 Å². The van der Waals surface area contributed by atoms with Gasteiger partial charge in [-0.1, -0.05) is 19.3 Å². The molecule has 2 rings (SSSR count). The van der Waals surface area contributed by atoms with E-state index in [2.05, 4.69) is 11.8 Å². The molecular weight excluding hydrogens is 152 g/mol. The van der Waals surface area contributed by atoms with Crippen molar-refractivity contribution in [3.8, 4) is 0 Å². The van der Waals surface area contributed by atoms with Crippen LogP contribution in [0.15, 0.2) is 0 Å². The van der Waals surface area contributed by atoms with Gasteiger partial charge >= 0.3 is 0 Å². The van der Waals surface area contributed by atoms with E-state index in [0.717, 1.165) is 5.41 Å². The van der Waals surface area contributed by atoms with Gasteiger partial charge in [0.1, 0.15) is 0 Å². The summed E-state index contributed by atoms with van der Waals surface area (Å²) in [7, 11) is 0. The summed E-state index contributed by atoms with van der Waals surface area (Å²) in [6, 6.07) is 0. The molecular formula is C10H18S. The van der Waals surface area contributed by atoms with E-state index in [0.29, 0.717) is 0 Å². The highest BCUT2D eigenvalue weighted by Gasteiger charge is 2.33. The molecule has 0 atom stereocenters. The number of thioether (sulfide) groups is 1. The second kappa shape index (κ2) is 3.38. The zero-order valence-electron chi connectivity index (χ0n) is 7.27. The van der Waals surface area contributed by atoms with Gasteiger partial charge in [0.05, 0.1) is 0 Å². The van der Waals surface area contributed by atoms with Crippen molar-refractivity contribution in [2.45, 2.75) is 44.9 Å². The van der Waals surface area contributed by atoms with Gasteiger partial charge in [0.2, 0.25) is 0 Å². The van der Waals surface area contributed by atoms with Crippen LogP contribution in [0.2, 0.25) is 0 Å². The Morgan fingerprint density at radius 2 is 1.45 bits per heavy atom. The molecule has 11 heavy (non-hydrogen) atoms. The molecule has 0 amide bonds. The van der Waals surface area contributed by atoms with Gasteiger partial charge < -0.3 is 0 Å². The lowest BCUT2D eigenvalue weighted by molar-refractivity contribution is 0.312. The first-order chi connectivity index (χ1) is 5.41. The summed E-state index contributed by atoms with van der Waals surface area (Å²) >= 11 is 2.21. The Bertz CT molecular complexity index is 115. The molecule has 64 valence electrons. The second-order valence-electron chi connectivity index (χ2n) is 4.22. The smallest absolute Gasteiger partial charge is 0.00108 e. The van der Waals surface area contributed by atoms with Crippen LogP contribution in [0.4, 0.5) is 0 Å². The largest absolute Gasteiger partial charge is 0.161 e. The lowest BCUT2D eigenvalue weighted by Gasteiger charge is -2.26. The van der Waals surface area contributed by atoms with Crippen molar-refractivity contribution in [3.05, 3.63) is 0 Å². The third-order valence-corrected chi connectivity index (χ3v) is 4.71. The monoisotopic (exact) mass is 170 g/mol. The number of rotatable bonds is 0. The summed E-state index contributed by atoms with van der Waals surface area (Å²) < 4.78 is 0. The maximum atomic E-state index is 2.21. The lowest BCUT2D eigenvalue weighted by Crippen LogP contribution is -2.17.